The molecule has 0 aliphatic heterocycles. The maximum Gasteiger partial charge on any atom is 0.166 e. The molecule has 120 valence electrons. The summed E-state index contributed by atoms with van der Waals surface area (Å²) in [7, 11) is 5.85. The van der Waals surface area contributed by atoms with Gasteiger partial charge in [-0.15, -0.1) is 0 Å². The van der Waals surface area contributed by atoms with Crippen LogP contribution in [0.3, 0.4) is 0 Å². The van der Waals surface area contributed by atoms with Crippen molar-refractivity contribution in [3.8, 4) is 11.5 Å². The lowest BCUT2D eigenvalue weighted by Gasteiger charge is -2.18. The monoisotopic (exact) mass is 358 g/mol. The Bertz CT molecular complexity index is 437. The first kappa shape index (κ1) is 18.3. The van der Waals surface area contributed by atoms with Crippen molar-refractivity contribution in [3.63, 3.8) is 0 Å². The fourth-order valence-electron chi connectivity index (χ4n) is 2.02. The molecule has 1 aromatic rings. The largest absolute Gasteiger partial charge is 0.493 e. The summed E-state index contributed by atoms with van der Waals surface area (Å²) in [5.74, 6) is 1.60. The number of nitrogens with one attached hydrogen (secondary N) is 1. The highest BCUT2D eigenvalue weighted by molar-refractivity contribution is 9.10. The van der Waals surface area contributed by atoms with Crippen LogP contribution in [0.5, 0.6) is 11.5 Å². The van der Waals surface area contributed by atoms with Crippen LogP contribution < -0.4 is 14.8 Å². The molecule has 0 heterocycles. The Morgan fingerprint density at radius 3 is 2.57 bits per heavy atom. The number of methoxy groups -OCH3 is 1. The molecule has 0 aliphatic rings. The summed E-state index contributed by atoms with van der Waals surface area (Å²) >= 11 is 3.53. The van der Waals surface area contributed by atoms with Crippen molar-refractivity contribution >= 4 is 15.9 Å². The summed E-state index contributed by atoms with van der Waals surface area (Å²) in [6, 6.07) is 4.02. The predicted octanol–water partition coefficient (Wildman–Crippen LogP) is 3.29. The Balaban J connectivity index is 2.72. The van der Waals surface area contributed by atoms with Crippen molar-refractivity contribution in [3.05, 3.63) is 22.2 Å². The number of rotatable bonds is 9. The van der Waals surface area contributed by atoms with E-state index >= 15 is 0 Å². The van der Waals surface area contributed by atoms with Crippen molar-refractivity contribution < 1.29 is 9.47 Å². The van der Waals surface area contributed by atoms with Gasteiger partial charge in [0.05, 0.1) is 13.2 Å². The highest BCUT2D eigenvalue weighted by Crippen LogP contribution is 2.35. The van der Waals surface area contributed by atoms with Gasteiger partial charge in [0.2, 0.25) is 0 Å². The zero-order valence-corrected chi connectivity index (χ0v) is 15.3. The molecular weight excluding hydrogens is 332 g/mol. The van der Waals surface area contributed by atoms with Crippen LogP contribution in [0, 0.1) is 0 Å². The number of benzene rings is 1. The second-order valence-corrected chi connectivity index (χ2v) is 6.51. The molecule has 1 N–H and O–H groups in total. The van der Waals surface area contributed by atoms with Gasteiger partial charge in [0.25, 0.3) is 0 Å². The van der Waals surface area contributed by atoms with E-state index in [0.29, 0.717) is 0 Å². The predicted molar refractivity (Wildman–Crippen MR) is 91.3 cm³/mol. The first-order chi connectivity index (χ1) is 9.93. The SMILES string of the molecule is COc1cc(Br)cc(CNCCCN(C)C)c1OC(C)C. The lowest BCUT2D eigenvalue weighted by Crippen LogP contribution is -2.21. The van der Waals surface area contributed by atoms with E-state index in [1.54, 1.807) is 7.11 Å². The topological polar surface area (TPSA) is 33.7 Å². The average molecular weight is 359 g/mol. The number of halogens is 1. The maximum atomic E-state index is 5.92. The summed E-state index contributed by atoms with van der Waals surface area (Å²) in [6.07, 6.45) is 1.24. The first-order valence-electron chi connectivity index (χ1n) is 7.32. The van der Waals surface area contributed by atoms with Crippen LogP contribution in [-0.2, 0) is 6.54 Å². The van der Waals surface area contributed by atoms with E-state index in [0.717, 1.165) is 47.6 Å². The van der Waals surface area contributed by atoms with Gasteiger partial charge < -0.3 is 19.7 Å². The minimum Gasteiger partial charge on any atom is -0.493 e. The Labute approximate surface area is 136 Å². The highest BCUT2D eigenvalue weighted by Gasteiger charge is 2.13. The lowest BCUT2D eigenvalue weighted by atomic mass is 10.1. The number of hydrogen-bond donors (Lipinski definition) is 1. The molecule has 0 fully saturated rings. The van der Waals surface area contributed by atoms with Gasteiger partial charge in [-0.1, -0.05) is 15.9 Å². The van der Waals surface area contributed by atoms with Crippen molar-refractivity contribution in [2.75, 3.05) is 34.3 Å². The molecule has 0 radical (unpaired) electrons. The molecule has 5 heteroatoms. The van der Waals surface area contributed by atoms with Crippen molar-refractivity contribution in [1.29, 1.82) is 0 Å². The molecule has 0 aliphatic carbocycles. The molecule has 1 rings (SSSR count). The van der Waals surface area contributed by atoms with Crippen LogP contribution in [0.2, 0.25) is 0 Å². The van der Waals surface area contributed by atoms with Crippen molar-refractivity contribution in [1.82, 2.24) is 10.2 Å². The minimum absolute atomic E-state index is 0.118. The fourth-order valence-corrected chi connectivity index (χ4v) is 2.50. The summed E-state index contributed by atoms with van der Waals surface area (Å²) in [6.45, 7) is 6.88. The quantitative estimate of drug-likeness (QED) is 0.686. The Morgan fingerprint density at radius 2 is 2.00 bits per heavy atom. The second kappa shape index (κ2) is 9.28. The molecule has 0 bridgehead atoms. The van der Waals surface area contributed by atoms with E-state index in [1.165, 1.54) is 0 Å². The Kier molecular flexibility index (Phi) is 8.07. The van der Waals surface area contributed by atoms with Gasteiger partial charge >= 0.3 is 0 Å². The zero-order valence-electron chi connectivity index (χ0n) is 13.7. The number of hydrogen-bond acceptors (Lipinski definition) is 4. The van der Waals surface area contributed by atoms with Crippen molar-refractivity contribution in [2.45, 2.75) is 32.9 Å². The molecule has 0 spiro atoms. The summed E-state index contributed by atoms with van der Waals surface area (Å²) in [4.78, 5) is 2.19. The molecule has 0 saturated heterocycles. The van der Waals surface area contributed by atoms with Crippen LogP contribution in [0.25, 0.3) is 0 Å². The molecule has 0 atom stereocenters. The van der Waals surface area contributed by atoms with Crippen LogP contribution >= 0.6 is 15.9 Å². The molecule has 0 saturated carbocycles. The van der Waals surface area contributed by atoms with Gasteiger partial charge in [-0.25, -0.2) is 0 Å². The lowest BCUT2D eigenvalue weighted by molar-refractivity contribution is 0.227. The third-order valence-corrected chi connectivity index (χ3v) is 3.40. The Morgan fingerprint density at radius 1 is 1.29 bits per heavy atom. The highest BCUT2D eigenvalue weighted by atomic mass is 79.9. The van der Waals surface area contributed by atoms with E-state index in [2.05, 4.69) is 46.3 Å². The smallest absolute Gasteiger partial charge is 0.166 e. The van der Waals surface area contributed by atoms with E-state index < -0.39 is 0 Å². The van der Waals surface area contributed by atoms with Gasteiger partial charge in [-0.3, -0.25) is 0 Å². The first-order valence-corrected chi connectivity index (χ1v) is 8.11. The fraction of sp³-hybridized carbons (Fsp3) is 0.625. The van der Waals surface area contributed by atoms with E-state index in [4.69, 9.17) is 9.47 Å². The van der Waals surface area contributed by atoms with Crippen LogP contribution in [0.1, 0.15) is 25.8 Å². The van der Waals surface area contributed by atoms with Gasteiger partial charge in [0.15, 0.2) is 11.5 Å². The number of nitrogens with zero attached hydrogens (tertiary/aromatic N) is 1. The third-order valence-electron chi connectivity index (χ3n) is 2.94. The van der Waals surface area contributed by atoms with Gasteiger partial charge in [-0.05, 0) is 59.6 Å². The van der Waals surface area contributed by atoms with Gasteiger partial charge in [0.1, 0.15) is 0 Å². The summed E-state index contributed by atoms with van der Waals surface area (Å²) in [5, 5.41) is 3.47. The summed E-state index contributed by atoms with van der Waals surface area (Å²) in [5.41, 5.74) is 1.11. The van der Waals surface area contributed by atoms with E-state index in [1.807, 2.05) is 19.9 Å². The molecular formula is C16H27BrN2O2. The summed E-state index contributed by atoms with van der Waals surface area (Å²) < 4.78 is 12.4. The molecule has 0 amide bonds. The van der Waals surface area contributed by atoms with Gasteiger partial charge in [-0.2, -0.15) is 0 Å². The zero-order chi connectivity index (χ0) is 15.8. The third kappa shape index (κ3) is 6.68. The molecule has 0 aromatic heterocycles. The second-order valence-electron chi connectivity index (χ2n) is 5.60. The van der Waals surface area contributed by atoms with Crippen molar-refractivity contribution in [2.24, 2.45) is 0 Å². The Hall–Kier alpha value is -0.780. The van der Waals surface area contributed by atoms with E-state index in [9.17, 15) is 0 Å². The molecule has 0 unspecified atom stereocenters. The molecule has 21 heavy (non-hydrogen) atoms. The van der Waals surface area contributed by atoms with Crippen LogP contribution in [0.4, 0.5) is 0 Å². The molecule has 4 nitrogen and oxygen atoms in total. The molecule has 1 aromatic carbocycles. The standard InChI is InChI=1S/C16H27BrN2O2/c1-12(2)21-16-13(9-14(17)10-15(16)20-5)11-18-7-6-8-19(3)4/h9-10,12,18H,6-8,11H2,1-5H3. The number of ether oxygens (including phenoxy) is 2. The van der Waals surface area contributed by atoms with Crippen LogP contribution in [0.15, 0.2) is 16.6 Å². The average Bonchev–Trinajstić information content (AvgIpc) is 2.39. The van der Waals surface area contributed by atoms with Gasteiger partial charge in [0, 0.05) is 16.6 Å². The van der Waals surface area contributed by atoms with Crippen LogP contribution in [-0.4, -0.2) is 45.3 Å². The normalized spacial score (nSPS) is 11.2. The minimum atomic E-state index is 0.118. The van der Waals surface area contributed by atoms with E-state index in [-0.39, 0.29) is 6.10 Å². The maximum absolute atomic E-state index is 5.92.